The van der Waals surface area contributed by atoms with E-state index in [1.807, 2.05) is 0 Å². The molecule has 1 aromatic rings. The minimum Gasteiger partial charge on any atom is -0.652 e. The van der Waals surface area contributed by atoms with Crippen molar-refractivity contribution in [2.24, 2.45) is 0 Å². The topological polar surface area (TPSA) is 124 Å². The van der Waals surface area contributed by atoms with Crippen LogP contribution in [0.2, 0.25) is 0 Å². The summed E-state index contributed by atoms with van der Waals surface area (Å²) in [7, 11) is 1.25. The molecule has 1 aromatic heterocycles. The van der Waals surface area contributed by atoms with Crippen LogP contribution in [0.4, 0.5) is 9.18 Å². The van der Waals surface area contributed by atoms with Crippen molar-refractivity contribution in [1.82, 2.24) is 9.97 Å². The van der Waals surface area contributed by atoms with Gasteiger partial charge in [0.1, 0.15) is 13.3 Å². The van der Waals surface area contributed by atoms with Gasteiger partial charge in [-0.25, -0.2) is 19.2 Å². The molecule has 100 valence electrons. The van der Waals surface area contributed by atoms with Crippen molar-refractivity contribution in [3.63, 3.8) is 0 Å². The number of carbonyl (C=O) groups is 2. The Hall–Kier alpha value is 1.65. The number of carbonyl (C=O) groups excluding carboxylic acids is 2. The van der Waals surface area contributed by atoms with Gasteiger partial charge in [-0.2, -0.15) is 0 Å². The number of aromatic nitrogens is 2. The molecule has 0 fully saturated rings. The molecule has 1 heterocycles. The van der Waals surface area contributed by atoms with Gasteiger partial charge in [-0.15, -0.1) is 0 Å². The van der Waals surface area contributed by atoms with Crippen molar-refractivity contribution in [3.05, 3.63) is 18.1 Å². The second-order valence-electron chi connectivity index (χ2n) is 2.52. The van der Waals surface area contributed by atoms with Crippen molar-refractivity contribution < 1.29 is 171 Å². The smallest absolute Gasteiger partial charge is 0.652 e. The second kappa shape index (κ2) is 17.0. The van der Waals surface area contributed by atoms with E-state index < -0.39 is 18.8 Å². The minimum absolute atomic E-state index is 0. The summed E-state index contributed by atoms with van der Waals surface area (Å²) in [5.41, 5.74) is 0.0834. The maximum atomic E-state index is 11.7. The van der Waals surface area contributed by atoms with E-state index in [9.17, 15) is 9.18 Å². The number of hydrogen-bond donors (Lipinski definition) is 0. The fraction of sp³-hybridized carbons (Fsp3) is 0.333. The summed E-state index contributed by atoms with van der Waals surface area (Å²) in [6, 6.07) is 0. The molecule has 0 aliphatic carbocycles. The number of hydrogen-bond acceptors (Lipinski definition) is 8. The molecular formula is C9H9Cs2FN2O6. The normalized spacial score (nSPS) is 7.90. The van der Waals surface area contributed by atoms with Crippen LogP contribution in [0.1, 0.15) is 10.5 Å². The van der Waals surface area contributed by atoms with E-state index in [-0.39, 0.29) is 156 Å². The Balaban J connectivity index is -0.000000429. The summed E-state index contributed by atoms with van der Waals surface area (Å²) in [6.07, 6.45) is 0.112. The molecule has 0 unspecified atom stereocenters. The predicted octanol–water partition coefficient (Wildman–Crippen LogP) is -7.83. The standard InChI is InChI=1S/C8H9FN2O3.CH2O3.2Cs/c1-13-8(12)6-4-11-7(5-10-6)14-3-2-9;2-1(3)4;;/h4-5H,2-3H2,1H3;(H2,2,3,4);;/q;;2*+1/p-2. The van der Waals surface area contributed by atoms with E-state index in [1.165, 1.54) is 19.5 Å². The molecule has 0 spiro atoms. The van der Waals surface area contributed by atoms with Gasteiger partial charge in [0.2, 0.25) is 5.88 Å². The molecule has 0 saturated carbocycles. The van der Waals surface area contributed by atoms with Gasteiger partial charge in [-0.3, -0.25) is 0 Å². The van der Waals surface area contributed by atoms with Crippen LogP contribution in [0.3, 0.4) is 0 Å². The molecule has 0 saturated heterocycles. The third kappa shape index (κ3) is 14.6. The summed E-state index contributed by atoms with van der Waals surface area (Å²) in [6.45, 7) is -0.674. The number of ether oxygens (including phenoxy) is 2. The largest absolute Gasteiger partial charge is 1.00 e. The maximum absolute atomic E-state index is 11.7. The number of methoxy groups -OCH3 is 1. The first-order valence-corrected chi connectivity index (χ1v) is 4.48. The van der Waals surface area contributed by atoms with Crippen LogP contribution in [0, 0.1) is 0 Å². The Morgan fingerprint density at radius 1 is 1.25 bits per heavy atom. The first-order chi connectivity index (χ1) is 8.51. The summed E-state index contributed by atoms with van der Waals surface area (Å²) in [5, 5.41) is 16.7. The molecule has 0 atom stereocenters. The Morgan fingerprint density at radius 3 is 2.15 bits per heavy atom. The first-order valence-electron chi connectivity index (χ1n) is 4.48. The number of rotatable bonds is 4. The molecule has 0 N–H and O–H groups in total. The molecule has 0 aliphatic heterocycles. The van der Waals surface area contributed by atoms with Crippen LogP contribution in [-0.4, -0.2) is 42.5 Å². The van der Waals surface area contributed by atoms with Crippen molar-refractivity contribution in [2.75, 3.05) is 20.4 Å². The average Bonchev–Trinajstić information content (AvgIpc) is 2.35. The van der Waals surface area contributed by atoms with E-state index in [1.54, 1.807) is 0 Å². The molecule has 0 amide bonds. The molecule has 0 radical (unpaired) electrons. The van der Waals surface area contributed by atoms with Crippen LogP contribution in [-0.2, 0) is 4.74 Å². The maximum Gasteiger partial charge on any atom is 1.00 e. The van der Waals surface area contributed by atoms with Crippen molar-refractivity contribution in [2.45, 2.75) is 0 Å². The summed E-state index contributed by atoms with van der Waals surface area (Å²) < 4.78 is 20.9. The molecule has 0 aromatic carbocycles. The zero-order valence-electron chi connectivity index (χ0n) is 11.3. The van der Waals surface area contributed by atoms with Gasteiger partial charge in [0, 0.05) is 0 Å². The van der Waals surface area contributed by atoms with Crippen molar-refractivity contribution in [1.29, 1.82) is 0 Å². The Bertz CT molecular complexity index is 389. The molecule has 0 bridgehead atoms. The number of nitrogens with zero attached hydrogens (tertiary/aromatic N) is 2. The van der Waals surface area contributed by atoms with Gasteiger partial charge >= 0.3 is 144 Å². The zero-order valence-corrected chi connectivity index (χ0v) is 23.9. The molecular weight excluding hydrogens is 517 g/mol. The fourth-order valence-electron chi connectivity index (χ4n) is 0.744. The number of esters is 1. The third-order valence-corrected chi connectivity index (χ3v) is 1.35. The van der Waals surface area contributed by atoms with Crippen molar-refractivity contribution in [3.8, 4) is 5.88 Å². The van der Waals surface area contributed by atoms with E-state index in [2.05, 4.69) is 14.7 Å². The third-order valence-electron chi connectivity index (χ3n) is 1.35. The molecule has 11 heteroatoms. The molecule has 1 rings (SSSR count). The summed E-state index contributed by atoms with van der Waals surface area (Å²) in [5.74, 6) is -0.398. The minimum atomic E-state index is -2.33. The van der Waals surface area contributed by atoms with Gasteiger partial charge in [0.05, 0.1) is 19.5 Å². The Labute approximate surface area is 232 Å². The zero-order chi connectivity index (χ0) is 14.0. The fourth-order valence-corrected chi connectivity index (χ4v) is 0.744. The predicted molar refractivity (Wildman–Crippen MR) is 50.2 cm³/mol. The summed E-state index contributed by atoms with van der Waals surface area (Å²) in [4.78, 5) is 26.7. The molecule has 8 nitrogen and oxygen atoms in total. The van der Waals surface area contributed by atoms with Gasteiger partial charge in [0.25, 0.3) is 0 Å². The number of alkyl halides is 1. The van der Waals surface area contributed by atoms with Crippen LogP contribution in [0.25, 0.3) is 0 Å². The van der Waals surface area contributed by atoms with Crippen LogP contribution in [0.15, 0.2) is 12.4 Å². The van der Waals surface area contributed by atoms with Gasteiger partial charge in [-0.1, -0.05) is 0 Å². The van der Waals surface area contributed by atoms with E-state index in [4.69, 9.17) is 19.7 Å². The van der Waals surface area contributed by atoms with E-state index in [0.29, 0.717) is 0 Å². The second-order valence-corrected chi connectivity index (χ2v) is 2.52. The van der Waals surface area contributed by atoms with E-state index in [0.717, 1.165) is 0 Å². The number of carboxylic acid groups (broad SMARTS) is 2. The van der Waals surface area contributed by atoms with E-state index >= 15 is 0 Å². The first kappa shape index (κ1) is 26.5. The number of halogens is 1. The SMILES string of the molecule is COC(=O)c1cnc(OCCF)cn1.O=C([O-])[O-].[Cs+].[Cs+]. The molecule has 20 heavy (non-hydrogen) atoms. The van der Waals surface area contributed by atoms with Crippen LogP contribution in [0.5, 0.6) is 5.88 Å². The monoisotopic (exact) mass is 526 g/mol. The van der Waals surface area contributed by atoms with Crippen molar-refractivity contribution >= 4 is 12.1 Å². The Kier molecular flexibility index (Phi) is 22.6. The van der Waals surface area contributed by atoms with Gasteiger partial charge in [-0.05, 0) is 6.16 Å². The summed E-state index contributed by atoms with van der Waals surface area (Å²) >= 11 is 0. The quantitative estimate of drug-likeness (QED) is 0.355. The van der Waals surface area contributed by atoms with Gasteiger partial charge in [0.15, 0.2) is 5.69 Å². The Morgan fingerprint density at radius 2 is 1.80 bits per heavy atom. The van der Waals surface area contributed by atoms with Crippen LogP contribution < -0.4 is 153 Å². The van der Waals surface area contributed by atoms with Gasteiger partial charge < -0.3 is 24.5 Å². The van der Waals surface area contributed by atoms with Crippen LogP contribution >= 0.6 is 0 Å². The average molecular weight is 526 g/mol. The molecule has 0 aliphatic rings.